The summed E-state index contributed by atoms with van der Waals surface area (Å²) < 4.78 is 0. The maximum absolute atomic E-state index is 9.01. The topological polar surface area (TPSA) is 52.0 Å². The van der Waals surface area contributed by atoms with Crippen LogP contribution in [-0.4, -0.2) is 11.6 Å². The molecule has 66 rings (SSSR count). The monoisotopic (exact) mass is 1080 g/mol. The third-order valence-corrected chi connectivity index (χ3v) is 78.7. The predicted octanol–water partition coefficient (Wildman–Crippen LogP) is 3.92. The van der Waals surface area contributed by atoms with Crippen molar-refractivity contribution in [3.05, 3.63) is 43.3 Å². The smallest absolute Gasteiger partial charge is 0.0420 e. The minimum atomic E-state index is 0.152. The van der Waals surface area contributed by atoms with Crippen molar-refractivity contribution < 1.29 is 0 Å². The van der Waals surface area contributed by atoms with E-state index in [-0.39, 0.29) is 5.54 Å². The highest BCUT2D eigenvalue weighted by molar-refractivity contribution is 6.53. The van der Waals surface area contributed by atoms with Crippen LogP contribution in [0.5, 0.6) is 0 Å². The van der Waals surface area contributed by atoms with Crippen LogP contribution in [0.1, 0.15) is 19.3 Å². The summed E-state index contributed by atoms with van der Waals surface area (Å²) in [6.07, 6.45) is 5.63. The van der Waals surface area contributed by atoms with Crippen LogP contribution >= 0.6 is 0 Å². The van der Waals surface area contributed by atoms with E-state index in [1.807, 2.05) is 19.3 Å². The molecule has 0 aromatic heterocycles. The van der Waals surface area contributed by atoms with Gasteiger partial charge in [0, 0.05) is 17.0 Å². The lowest BCUT2D eigenvalue weighted by atomic mass is 8.22. The maximum atomic E-state index is 9.01. The number of nitrogens with two attached hydrogens (primary N) is 2. The van der Waals surface area contributed by atoms with Gasteiger partial charge in [0.25, 0.3) is 0 Å². The van der Waals surface area contributed by atoms with E-state index in [2.05, 4.69) is 0 Å². The Kier molecular flexibility index (Phi) is 1.19. The van der Waals surface area contributed by atoms with E-state index >= 15 is 0 Å². The Hall–Kier alpha value is -0.0800. The van der Waals surface area contributed by atoms with Gasteiger partial charge in [0.05, 0.1) is 0 Å². The molecule has 2 nitrogen and oxygen atoms in total. The summed E-state index contributed by atoms with van der Waals surface area (Å²) in [5.41, 5.74) is 71.1. The third-order valence-electron chi connectivity index (χ3n) is 78.7. The van der Waals surface area contributed by atoms with Crippen molar-refractivity contribution in [2.45, 2.75) is 30.8 Å². The molecule has 66 aliphatic carbocycles. The summed E-state index contributed by atoms with van der Waals surface area (Å²) in [6, 6.07) is 0.460. The Morgan fingerprint density at radius 3 is 0.709 bits per heavy atom. The maximum Gasteiger partial charge on any atom is 0.0420 e. The van der Waals surface area contributed by atoms with Gasteiger partial charge in [0.15, 0.2) is 0 Å². The molecule has 66 fully saturated rings. The van der Waals surface area contributed by atoms with Crippen LogP contribution in [0.3, 0.4) is 0 Å². The summed E-state index contributed by atoms with van der Waals surface area (Å²) in [7, 11) is 0. The zero-order valence-corrected chi connectivity index (χ0v) is 46.1. The molecule has 66 saturated carbocycles. The van der Waals surface area contributed by atoms with Gasteiger partial charge in [-0.3, -0.25) is 0 Å². The molecule has 50 spiro atoms. The molecule has 81 atom stereocenters. The average Bonchev–Trinajstić information content (AvgIpc) is 0.402. The Morgan fingerprint density at radius 1 is 0.174 bits per heavy atom. The standard InChI is InChI=1S/C84H40N2/c85-33-31-29-20-15-9-3-8-14-18-22-25-24-21-17-12-6-1-4-10-16-11-5-2-7-13-19-23-26-27-28-30-32-37(33,86)44(31)50(29)46(20)40(15)36(8,9)43(14)49(18)52(22)55(25)54(24)51(21)47(17)41(12)34(4,6)38(10)45(16)39(11)35(5,7)42(13)48(19)53(23)56(26)57(27)58(28)59(30)60(32,44)64(50)66(46)63(40,43)69(49)73(52)76(55)75(54)71(51)67(47)61(38,41)65(45)62(39,42)68(48)72(53)77(56)78(57)74(58)70(59,64)80(66,69)82(73,74)84(76,78)83(75,77)81(71,72)79(65,67)68/h4-33H,1-3,85-86H2/t4?,5?,6?,7?,8?,9?,10?,11?,12?,13?,14?,15?,16?,17?,18?,19?,20?,21?,22?,23?,24?,25?,26?,27?,28?,29?,30?,31?,32?,33-,34?,35?,36?,37-,38?,39?,40?,41?,42?,43?,44?,45?,46?,47?,48?,49?,50?,51?,52?,53?,54?,55?,56?,57?,58?,59?,60?,61?,62?,63?,64?,65?,66?,67?,68?,69?,70?,71?,72?,73?,74?,75?,76?,77?,78?,79?,80?,81?,82?,83?,84?/m1/s1. The highest BCUT2D eigenvalue weighted by atomic mass is 15.9. The Bertz CT molecular complexity index is 6910. The van der Waals surface area contributed by atoms with Gasteiger partial charge < -0.3 is 11.5 Å². The molecule has 2 heteroatoms. The summed E-state index contributed by atoms with van der Waals surface area (Å²) in [6.45, 7) is 0. The zero-order chi connectivity index (χ0) is 46.9. The van der Waals surface area contributed by atoms with Crippen LogP contribution in [0.4, 0.5) is 0 Å². The first-order valence-corrected chi connectivity index (χ1v) is 42.2. The van der Waals surface area contributed by atoms with E-state index in [0.29, 0.717) is 11.5 Å². The summed E-state index contributed by atoms with van der Waals surface area (Å²) in [4.78, 5) is 0. The normalized spacial score (nSPS) is 152. The molecule has 0 aromatic rings. The molecule has 0 aliphatic heterocycles. The molecule has 0 radical (unpaired) electrons. The van der Waals surface area contributed by atoms with Gasteiger partial charge in [0.2, 0.25) is 0 Å². The average molecular weight is 1080 g/mol. The molecule has 0 aromatic carbocycles. The molecular weight excluding hydrogens is 1040 g/mol. The number of rotatable bonds is 0. The minimum absolute atomic E-state index is 0.152. The van der Waals surface area contributed by atoms with E-state index in [1.54, 1.807) is 0 Å². The molecular formula is C84H40N2. The SMILES string of the molecule is N[C@@H]1C2C3C4C5C6CC7C8C9C%10C%11C%12C%13C%14C%15C%16CC%17C%18C%19C%20C%21CC%22C%23C%24C%25C%26C%27C%28C%29C%30C%31%32C%29%33C%28%29C%27%28C%26%27C%25%26C%24%25C%23%24C%21%22C%20%21C%19%20C%18%19C%17%16C%15%16C%14%15C%13%14C%12%13C%11%12C%10%11C9%10C89C67C56C45C3(C%313C54C69C%105C%116C%127C%138C%149C%15%10C%19%16C%20%11C%21%24C%25%12C%26%13C%27%14C%28%15C%29%16C%333C45C6%16C7%15C8%14C9%13C%11%10%12)C2%32[C@@]%301N. The van der Waals surface area contributed by atoms with E-state index in [4.69, 9.17) is 11.5 Å². The second-order valence-electron chi connectivity index (χ2n) is 57.0. The van der Waals surface area contributed by atoms with Crippen molar-refractivity contribution in [3.8, 4) is 0 Å². The summed E-state index contributed by atoms with van der Waals surface area (Å²) in [5, 5.41) is 0. The van der Waals surface area contributed by atoms with E-state index in [1.165, 1.54) is 160 Å². The Balaban J connectivity index is 0.650. The molecule has 86 heavy (non-hydrogen) atoms. The largest absolute Gasteiger partial charge is 0.326 e. The number of fused-ring (bicyclic) bond motifs is 26. The fourth-order valence-electron chi connectivity index (χ4n) is 104. The number of hydrogen-bond acceptors (Lipinski definition) is 2. The quantitative estimate of drug-likeness (QED) is 0.387. The van der Waals surface area contributed by atoms with E-state index < -0.39 is 0 Å². The first-order chi connectivity index (χ1) is 42.6. The lowest BCUT2D eigenvalue weighted by molar-refractivity contribution is -1.23. The molecule has 386 valence electrons. The van der Waals surface area contributed by atoms with Gasteiger partial charge in [-0.2, -0.15) is 0 Å². The van der Waals surface area contributed by atoms with Gasteiger partial charge in [0.1, 0.15) is 0 Å². The van der Waals surface area contributed by atoms with E-state index in [0.717, 1.165) is 277 Å². The van der Waals surface area contributed by atoms with Crippen LogP contribution in [0.25, 0.3) is 0 Å². The fourth-order valence-corrected chi connectivity index (χ4v) is 104. The second kappa shape index (κ2) is 3.76. The van der Waals surface area contributed by atoms with Crippen molar-refractivity contribution in [1.29, 1.82) is 0 Å². The second-order valence-corrected chi connectivity index (χ2v) is 57.0. The molecule has 0 amide bonds. The molecule has 79 unspecified atom stereocenters. The van der Waals surface area contributed by atoms with Gasteiger partial charge in [-0.1, -0.05) is 0 Å². The summed E-state index contributed by atoms with van der Waals surface area (Å²) >= 11 is 0. The van der Waals surface area contributed by atoms with Crippen LogP contribution < -0.4 is 11.5 Å². The van der Waals surface area contributed by atoms with Crippen LogP contribution in [0.2, 0.25) is 0 Å². The summed E-state index contributed by atoms with van der Waals surface area (Å²) in [5.74, 6) is 39.1. The van der Waals surface area contributed by atoms with Crippen molar-refractivity contribution in [3.63, 3.8) is 0 Å². The van der Waals surface area contributed by atoms with Crippen LogP contribution in [-0.2, 0) is 0 Å². The highest BCUT2D eigenvalue weighted by Gasteiger charge is 3.85. The zero-order valence-electron chi connectivity index (χ0n) is 46.1. The van der Waals surface area contributed by atoms with Crippen LogP contribution in [0, 0.1) is 442 Å². The van der Waals surface area contributed by atoms with Gasteiger partial charge >= 0.3 is 0 Å². The van der Waals surface area contributed by atoms with Gasteiger partial charge in [-0.15, -0.1) is 0 Å². The van der Waals surface area contributed by atoms with Crippen LogP contribution in [0.15, 0.2) is 0 Å². The van der Waals surface area contributed by atoms with Crippen molar-refractivity contribution in [1.82, 2.24) is 0 Å². The van der Waals surface area contributed by atoms with Gasteiger partial charge in [-0.25, -0.2) is 0 Å². The van der Waals surface area contributed by atoms with Crippen molar-refractivity contribution >= 4 is 0 Å². The molecule has 0 saturated heterocycles. The highest BCUT2D eigenvalue weighted by Crippen LogP contribution is 3.87. The first kappa shape index (κ1) is 27.2. The molecule has 0 heterocycles. The fraction of sp³-hybridized carbons (Fsp3) is 1.00. The Labute approximate surface area is 481 Å². The minimum Gasteiger partial charge on any atom is -0.326 e. The number of hydrogen-bond donors (Lipinski definition) is 2. The Morgan fingerprint density at radius 2 is 0.372 bits per heavy atom. The predicted molar refractivity (Wildman–Crippen MR) is 258 cm³/mol. The van der Waals surface area contributed by atoms with Crippen molar-refractivity contribution in [2.75, 3.05) is 0 Å². The molecule has 0 bridgehead atoms. The van der Waals surface area contributed by atoms with Crippen molar-refractivity contribution in [2.24, 2.45) is 411 Å². The van der Waals surface area contributed by atoms with Gasteiger partial charge in [-0.05, 0) is 456 Å². The molecule has 66 aliphatic rings. The lowest BCUT2D eigenvalue weighted by Crippen LogP contribution is -3.77. The molecule has 4 N–H and O–H groups in total. The third kappa shape index (κ3) is 0.498. The first-order valence-electron chi connectivity index (χ1n) is 42.2. The van der Waals surface area contributed by atoms with E-state index in [9.17, 15) is 0 Å². The lowest BCUT2D eigenvalue weighted by Gasteiger charge is -3.79.